The Labute approximate surface area is 219 Å². The highest BCUT2D eigenvalue weighted by Crippen LogP contribution is 2.35. The number of benzene rings is 4. The number of rotatable bonds is 3. The molecule has 1 aliphatic carbocycles. The minimum atomic E-state index is 0.196. The van der Waals surface area contributed by atoms with E-state index in [1.165, 1.54) is 0 Å². The number of pyridine rings is 1. The van der Waals surface area contributed by atoms with Gasteiger partial charge in [-0.25, -0.2) is 4.98 Å². The van der Waals surface area contributed by atoms with Gasteiger partial charge in [0.25, 0.3) is 0 Å². The minimum Gasteiger partial charge on any atom is -0.299 e. The molecule has 4 aromatic carbocycles. The second kappa shape index (κ2) is 9.09. The van der Waals surface area contributed by atoms with E-state index < -0.39 is 0 Å². The molecule has 1 aliphatic rings. The molecule has 176 valence electrons. The summed E-state index contributed by atoms with van der Waals surface area (Å²) in [7, 11) is 0. The first-order valence-corrected chi connectivity index (χ1v) is 12.0. The van der Waals surface area contributed by atoms with Gasteiger partial charge in [-0.3, -0.25) is 10.8 Å². The number of fused-ring (bicyclic) bond motifs is 3. The molecule has 1 aromatic heterocycles. The predicted octanol–water partition coefficient (Wildman–Crippen LogP) is 7.39. The highest BCUT2D eigenvalue weighted by atomic mass is 14.7. The van der Waals surface area contributed by atoms with Crippen molar-refractivity contribution in [2.75, 3.05) is 0 Å². The summed E-state index contributed by atoms with van der Waals surface area (Å²) < 4.78 is 0. The lowest BCUT2D eigenvalue weighted by Gasteiger charge is -2.19. The Kier molecular flexibility index (Phi) is 5.45. The maximum absolute atomic E-state index is 9.28. The third kappa shape index (κ3) is 3.86. The first kappa shape index (κ1) is 22.8. The van der Waals surface area contributed by atoms with E-state index in [4.69, 9.17) is 15.8 Å². The summed E-state index contributed by atoms with van der Waals surface area (Å²) in [6.07, 6.45) is 3.54. The number of hydrogen-bond donors (Lipinski definition) is 2. The zero-order chi connectivity index (χ0) is 26.2. The maximum Gasteiger partial charge on any atom is 0.0992 e. The summed E-state index contributed by atoms with van der Waals surface area (Å²) >= 11 is 0. The summed E-state index contributed by atoms with van der Waals surface area (Å²) in [6, 6.07) is 33.4. The van der Waals surface area contributed by atoms with Gasteiger partial charge >= 0.3 is 0 Å². The van der Waals surface area contributed by atoms with Crippen LogP contribution in [0.5, 0.6) is 0 Å². The van der Waals surface area contributed by atoms with Crippen molar-refractivity contribution in [1.82, 2.24) is 4.98 Å². The van der Waals surface area contributed by atoms with E-state index in [0.29, 0.717) is 11.1 Å². The van der Waals surface area contributed by atoms with E-state index in [-0.39, 0.29) is 11.4 Å². The highest BCUT2D eigenvalue weighted by Gasteiger charge is 2.22. The van der Waals surface area contributed by atoms with Crippen LogP contribution < -0.4 is 0 Å². The third-order valence-electron chi connectivity index (χ3n) is 6.77. The van der Waals surface area contributed by atoms with Gasteiger partial charge in [-0.15, -0.1) is 0 Å². The minimum absolute atomic E-state index is 0.196. The lowest BCUT2D eigenvalue weighted by molar-refractivity contribution is 1.36. The number of nitrogens with zero attached hydrogens (tertiary/aromatic N) is 3. The van der Waals surface area contributed by atoms with Crippen molar-refractivity contribution in [3.05, 3.63) is 119 Å². The molecule has 0 unspecified atom stereocenters. The molecule has 0 atom stereocenters. The van der Waals surface area contributed by atoms with E-state index in [9.17, 15) is 10.5 Å². The van der Waals surface area contributed by atoms with Gasteiger partial charge in [-0.05, 0) is 58.7 Å². The molecule has 38 heavy (non-hydrogen) atoms. The van der Waals surface area contributed by atoms with Gasteiger partial charge in [0.05, 0.1) is 45.9 Å². The Bertz CT molecular complexity index is 1870. The van der Waals surface area contributed by atoms with Crippen LogP contribution in [0.2, 0.25) is 0 Å². The van der Waals surface area contributed by atoms with Crippen molar-refractivity contribution in [1.29, 1.82) is 21.3 Å². The van der Waals surface area contributed by atoms with Crippen LogP contribution in [0, 0.1) is 33.5 Å². The van der Waals surface area contributed by atoms with Crippen molar-refractivity contribution in [3.8, 4) is 45.6 Å². The Morgan fingerprint density at radius 3 is 1.76 bits per heavy atom. The number of aromatic nitrogens is 1. The van der Waals surface area contributed by atoms with E-state index >= 15 is 0 Å². The zero-order valence-electron chi connectivity index (χ0n) is 20.2. The lowest BCUT2D eigenvalue weighted by atomic mass is 9.88. The van der Waals surface area contributed by atoms with Gasteiger partial charge in [0.1, 0.15) is 0 Å². The van der Waals surface area contributed by atoms with Gasteiger partial charge in [0.15, 0.2) is 0 Å². The van der Waals surface area contributed by atoms with Crippen LogP contribution in [0.15, 0.2) is 97.1 Å². The smallest absolute Gasteiger partial charge is 0.0992 e. The molecule has 0 saturated heterocycles. The fourth-order valence-electron chi connectivity index (χ4n) is 4.86. The Balaban J connectivity index is 1.37. The standard InChI is InChI=1S/C33H19N5/c34-18-20-15-21(19-35)17-26(16-20)24-7-5-22(6-8-24)23-9-11-25(12-10-23)33-28-13-14-29(36)32(37)31(28)27-3-1-2-4-30(27)38-33/h1-17,36-37H. The number of para-hydroxylation sites is 1. The van der Waals surface area contributed by atoms with Gasteiger partial charge in [0.2, 0.25) is 0 Å². The molecule has 5 heteroatoms. The Morgan fingerprint density at radius 2 is 1.16 bits per heavy atom. The van der Waals surface area contributed by atoms with Crippen molar-refractivity contribution < 1.29 is 0 Å². The van der Waals surface area contributed by atoms with Crippen molar-refractivity contribution >= 4 is 28.4 Å². The molecule has 0 bridgehead atoms. The maximum atomic E-state index is 9.28. The van der Waals surface area contributed by atoms with E-state index in [1.54, 1.807) is 24.3 Å². The molecular formula is C33H19N5. The topological polar surface area (TPSA) is 108 Å². The van der Waals surface area contributed by atoms with Crippen LogP contribution >= 0.6 is 0 Å². The molecule has 0 saturated carbocycles. The number of allylic oxidation sites excluding steroid dienone is 1. The zero-order valence-corrected chi connectivity index (χ0v) is 20.2. The average molecular weight is 486 g/mol. The first-order chi connectivity index (χ1) is 18.6. The van der Waals surface area contributed by atoms with Gasteiger partial charge in [-0.2, -0.15) is 10.5 Å². The molecule has 1 heterocycles. The van der Waals surface area contributed by atoms with Crippen LogP contribution in [0.25, 0.3) is 50.5 Å². The van der Waals surface area contributed by atoms with E-state index in [1.807, 2.05) is 66.7 Å². The number of nitrogens with one attached hydrogen (secondary N) is 2. The molecule has 2 N–H and O–H groups in total. The number of nitriles is 2. The molecule has 0 fully saturated rings. The summed E-state index contributed by atoms with van der Waals surface area (Å²) in [5.74, 6) is 0. The second-order valence-corrected chi connectivity index (χ2v) is 9.07. The van der Waals surface area contributed by atoms with Crippen LogP contribution in [-0.2, 0) is 0 Å². The quantitative estimate of drug-likeness (QED) is 0.278. The fourth-order valence-corrected chi connectivity index (χ4v) is 4.86. The van der Waals surface area contributed by atoms with Crippen molar-refractivity contribution in [2.24, 2.45) is 0 Å². The highest BCUT2D eigenvalue weighted by molar-refractivity contribution is 6.54. The van der Waals surface area contributed by atoms with Gasteiger partial charge in [-0.1, -0.05) is 66.7 Å². The normalized spacial score (nSPS) is 12.2. The molecule has 5 aromatic rings. The van der Waals surface area contributed by atoms with Gasteiger partial charge < -0.3 is 0 Å². The molecule has 5 nitrogen and oxygen atoms in total. The second-order valence-electron chi connectivity index (χ2n) is 9.07. The predicted molar refractivity (Wildman–Crippen MR) is 151 cm³/mol. The first-order valence-electron chi connectivity index (χ1n) is 12.0. The fraction of sp³-hybridized carbons (Fsp3) is 0. The molecular weight excluding hydrogens is 466 g/mol. The van der Waals surface area contributed by atoms with Gasteiger partial charge in [0, 0.05) is 22.1 Å². The van der Waals surface area contributed by atoms with Crippen LogP contribution in [-0.4, -0.2) is 16.4 Å². The number of hydrogen-bond acceptors (Lipinski definition) is 5. The Hall–Kier alpha value is -5.65. The summed E-state index contributed by atoms with van der Waals surface area (Å²) in [4.78, 5) is 4.93. The molecule has 0 spiro atoms. The monoisotopic (exact) mass is 485 g/mol. The molecule has 0 aliphatic heterocycles. The third-order valence-corrected chi connectivity index (χ3v) is 6.77. The van der Waals surface area contributed by atoms with E-state index in [2.05, 4.69) is 24.3 Å². The lowest BCUT2D eigenvalue weighted by Crippen LogP contribution is -2.17. The van der Waals surface area contributed by atoms with Crippen molar-refractivity contribution in [2.45, 2.75) is 0 Å². The van der Waals surface area contributed by atoms with E-state index in [0.717, 1.165) is 55.5 Å². The molecule has 0 radical (unpaired) electrons. The van der Waals surface area contributed by atoms with Crippen molar-refractivity contribution in [3.63, 3.8) is 0 Å². The average Bonchev–Trinajstić information content (AvgIpc) is 2.98. The summed E-state index contributed by atoms with van der Waals surface area (Å²) in [5.41, 5.74) is 9.33. The van der Waals surface area contributed by atoms with Crippen LogP contribution in [0.1, 0.15) is 22.3 Å². The SMILES string of the molecule is N#Cc1cc(C#N)cc(-c2ccc(-c3ccc(-c4nc5ccccc5c5c4C=CC(=N)C5=N)cc3)cc2)c1. The summed E-state index contributed by atoms with van der Waals surface area (Å²) in [6.45, 7) is 0. The van der Waals surface area contributed by atoms with Crippen LogP contribution in [0.4, 0.5) is 0 Å². The summed E-state index contributed by atoms with van der Waals surface area (Å²) in [5, 5.41) is 36.1. The molecule has 0 amide bonds. The largest absolute Gasteiger partial charge is 0.299 e. The molecule has 6 rings (SSSR count). The van der Waals surface area contributed by atoms with Crippen LogP contribution in [0.3, 0.4) is 0 Å². The Morgan fingerprint density at radius 1 is 0.605 bits per heavy atom.